The van der Waals surface area contributed by atoms with E-state index in [4.69, 9.17) is 0 Å². The number of aromatic nitrogens is 2. The van der Waals surface area contributed by atoms with Gasteiger partial charge >= 0.3 is 0 Å². The number of carbonyl (C=O) groups excluding carboxylic acids is 2. The van der Waals surface area contributed by atoms with E-state index in [0.717, 1.165) is 49.9 Å². The Bertz CT molecular complexity index is 858. The molecular formula is C23H28N4O2. The number of hydrogen-bond acceptors (Lipinski definition) is 4. The van der Waals surface area contributed by atoms with Gasteiger partial charge in [-0.2, -0.15) is 0 Å². The Labute approximate surface area is 172 Å². The predicted octanol–water partition coefficient (Wildman–Crippen LogP) is 3.08. The molecule has 0 atom stereocenters. The normalized spacial score (nSPS) is 18.9. The minimum Gasteiger partial charge on any atom is -0.339 e. The summed E-state index contributed by atoms with van der Waals surface area (Å²) in [5.41, 5.74) is 2.42. The Morgan fingerprint density at radius 3 is 2.48 bits per heavy atom. The summed E-state index contributed by atoms with van der Waals surface area (Å²) < 4.78 is 0. The molecule has 4 rings (SSSR count). The molecule has 1 spiro atoms. The zero-order valence-electron chi connectivity index (χ0n) is 17.0. The van der Waals surface area contributed by atoms with Crippen molar-refractivity contribution in [2.24, 2.45) is 5.41 Å². The molecule has 2 amide bonds. The van der Waals surface area contributed by atoms with Gasteiger partial charge in [0.15, 0.2) is 0 Å². The number of aryl methyl sites for hydroxylation is 1. The number of likely N-dealkylation sites (tertiary alicyclic amines) is 2. The van der Waals surface area contributed by atoms with E-state index >= 15 is 0 Å². The van der Waals surface area contributed by atoms with Crippen molar-refractivity contribution in [1.29, 1.82) is 0 Å². The Morgan fingerprint density at radius 2 is 1.83 bits per heavy atom. The summed E-state index contributed by atoms with van der Waals surface area (Å²) in [6.07, 6.45) is 9.50. The maximum Gasteiger partial charge on any atom is 0.255 e. The van der Waals surface area contributed by atoms with E-state index < -0.39 is 0 Å². The van der Waals surface area contributed by atoms with Crippen LogP contribution in [-0.2, 0) is 17.8 Å². The number of piperidine rings is 2. The monoisotopic (exact) mass is 392 g/mol. The molecule has 4 heterocycles. The van der Waals surface area contributed by atoms with Crippen molar-refractivity contribution >= 4 is 11.8 Å². The lowest BCUT2D eigenvalue weighted by molar-refractivity contribution is -0.150. The van der Waals surface area contributed by atoms with Crippen LogP contribution in [0.3, 0.4) is 0 Å². The number of hydrogen-bond donors (Lipinski definition) is 0. The first-order valence-corrected chi connectivity index (χ1v) is 10.5. The third kappa shape index (κ3) is 4.02. The lowest BCUT2D eigenvalue weighted by Crippen LogP contribution is -2.54. The van der Waals surface area contributed by atoms with E-state index in [-0.39, 0.29) is 17.2 Å². The number of amides is 2. The summed E-state index contributed by atoms with van der Waals surface area (Å²) in [5.74, 6) is 0.272. The maximum atomic E-state index is 13.3. The fourth-order valence-corrected chi connectivity index (χ4v) is 4.56. The van der Waals surface area contributed by atoms with E-state index in [9.17, 15) is 9.59 Å². The van der Waals surface area contributed by atoms with Gasteiger partial charge in [0.1, 0.15) is 0 Å². The molecule has 0 saturated carbocycles. The third-order valence-corrected chi connectivity index (χ3v) is 6.39. The molecule has 6 nitrogen and oxygen atoms in total. The van der Waals surface area contributed by atoms with E-state index in [0.29, 0.717) is 25.2 Å². The first kappa shape index (κ1) is 19.6. The summed E-state index contributed by atoms with van der Waals surface area (Å²) in [6, 6.07) is 7.71. The molecule has 0 radical (unpaired) electrons. The van der Waals surface area contributed by atoms with Crippen molar-refractivity contribution in [3.8, 4) is 0 Å². The molecule has 6 heteroatoms. The Morgan fingerprint density at radius 1 is 1.07 bits per heavy atom. The van der Waals surface area contributed by atoms with Crippen LogP contribution in [-0.4, -0.2) is 51.2 Å². The van der Waals surface area contributed by atoms with Crippen LogP contribution >= 0.6 is 0 Å². The highest BCUT2D eigenvalue weighted by molar-refractivity contribution is 5.94. The van der Waals surface area contributed by atoms with Crippen LogP contribution < -0.4 is 0 Å². The molecule has 0 bridgehead atoms. The highest BCUT2D eigenvalue weighted by Gasteiger charge is 2.46. The molecule has 2 aromatic rings. The molecule has 0 aliphatic carbocycles. The first-order chi connectivity index (χ1) is 14.1. The largest absolute Gasteiger partial charge is 0.339 e. The average Bonchev–Trinajstić information content (AvgIpc) is 2.78. The third-order valence-electron chi connectivity index (χ3n) is 6.39. The van der Waals surface area contributed by atoms with Crippen molar-refractivity contribution in [1.82, 2.24) is 19.8 Å². The van der Waals surface area contributed by atoms with Gasteiger partial charge in [0.25, 0.3) is 5.91 Å². The molecule has 2 fully saturated rings. The molecule has 2 aliphatic heterocycles. The average molecular weight is 393 g/mol. The molecule has 2 saturated heterocycles. The molecule has 2 aliphatic rings. The SMILES string of the molecule is CCc1ccc(C(=O)N2CCC3(CCCN(Cc4ccncc4)C3=O)CC2)cn1. The number of nitrogens with zero attached hydrogens (tertiary/aromatic N) is 4. The fourth-order valence-electron chi connectivity index (χ4n) is 4.56. The molecular weight excluding hydrogens is 364 g/mol. The lowest BCUT2D eigenvalue weighted by Gasteiger charge is -2.46. The van der Waals surface area contributed by atoms with Crippen molar-refractivity contribution in [3.05, 3.63) is 59.7 Å². The van der Waals surface area contributed by atoms with Crippen molar-refractivity contribution in [2.45, 2.75) is 45.6 Å². The number of pyridine rings is 2. The molecule has 0 aromatic carbocycles. The van der Waals surface area contributed by atoms with Gasteiger partial charge in [-0.3, -0.25) is 19.6 Å². The number of rotatable bonds is 4. The van der Waals surface area contributed by atoms with Crippen LogP contribution in [0.4, 0.5) is 0 Å². The standard InChI is InChI=1S/C23H28N4O2/c1-2-20-5-4-19(16-25-20)21(28)26-14-9-23(10-15-26)8-3-13-27(22(23)29)17-18-6-11-24-12-7-18/h4-7,11-12,16H,2-3,8-10,13-15,17H2,1H3. The highest BCUT2D eigenvalue weighted by Crippen LogP contribution is 2.41. The van der Waals surface area contributed by atoms with Crippen LogP contribution in [0.25, 0.3) is 0 Å². The molecule has 152 valence electrons. The smallest absolute Gasteiger partial charge is 0.255 e. The van der Waals surface area contributed by atoms with Crippen LogP contribution in [0.1, 0.15) is 54.2 Å². The quantitative estimate of drug-likeness (QED) is 0.802. The summed E-state index contributed by atoms with van der Waals surface area (Å²) in [5, 5.41) is 0. The minimum atomic E-state index is -0.313. The van der Waals surface area contributed by atoms with Crippen molar-refractivity contribution in [2.75, 3.05) is 19.6 Å². The van der Waals surface area contributed by atoms with Crippen LogP contribution in [0.15, 0.2) is 42.9 Å². The van der Waals surface area contributed by atoms with Gasteiger partial charge in [-0.15, -0.1) is 0 Å². The maximum absolute atomic E-state index is 13.3. The zero-order valence-corrected chi connectivity index (χ0v) is 17.0. The van der Waals surface area contributed by atoms with Gasteiger partial charge in [0.05, 0.1) is 11.0 Å². The Balaban J connectivity index is 1.40. The van der Waals surface area contributed by atoms with Gasteiger partial charge in [0.2, 0.25) is 5.91 Å². The van der Waals surface area contributed by atoms with E-state index in [1.54, 1.807) is 18.6 Å². The van der Waals surface area contributed by atoms with Gasteiger partial charge in [0, 0.05) is 50.5 Å². The molecule has 0 N–H and O–H groups in total. The zero-order chi connectivity index (χ0) is 20.3. The predicted molar refractivity (Wildman–Crippen MR) is 110 cm³/mol. The van der Waals surface area contributed by atoms with Gasteiger partial charge in [-0.25, -0.2) is 0 Å². The summed E-state index contributed by atoms with van der Waals surface area (Å²) in [7, 11) is 0. The van der Waals surface area contributed by atoms with E-state index in [1.807, 2.05) is 41.0 Å². The number of carbonyl (C=O) groups is 2. The van der Waals surface area contributed by atoms with Gasteiger partial charge < -0.3 is 9.80 Å². The topological polar surface area (TPSA) is 66.4 Å². The lowest BCUT2D eigenvalue weighted by atomic mass is 9.71. The minimum absolute atomic E-state index is 0.0203. The van der Waals surface area contributed by atoms with Gasteiger partial charge in [-0.05, 0) is 61.9 Å². The van der Waals surface area contributed by atoms with E-state index in [1.165, 1.54) is 0 Å². The van der Waals surface area contributed by atoms with Crippen LogP contribution in [0.5, 0.6) is 0 Å². The van der Waals surface area contributed by atoms with Crippen molar-refractivity contribution in [3.63, 3.8) is 0 Å². The Kier molecular flexibility index (Phi) is 5.60. The second kappa shape index (κ2) is 8.31. The van der Waals surface area contributed by atoms with Crippen molar-refractivity contribution < 1.29 is 9.59 Å². The summed E-state index contributed by atoms with van der Waals surface area (Å²) in [4.78, 5) is 38.4. The van der Waals surface area contributed by atoms with E-state index in [2.05, 4.69) is 9.97 Å². The summed E-state index contributed by atoms with van der Waals surface area (Å²) >= 11 is 0. The molecule has 0 unspecified atom stereocenters. The van der Waals surface area contributed by atoms with Gasteiger partial charge in [-0.1, -0.05) is 6.92 Å². The van der Waals surface area contributed by atoms with Crippen LogP contribution in [0, 0.1) is 5.41 Å². The second-order valence-electron chi connectivity index (χ2n) is 8.15. The summed E-state index contributed by atoms with van der Waals surface area (Å²) in [6.45, 7) is 4.75. The molecule has 29 heavy (non-hydrogen) atoms. The second-order valence-corrected chi connectivity index (χ2v) is 8.15. The first-order valence-electron chi connectivity index (χ1n) is 10.5. The fraction of sp³-hybridized carbons (Fsp3) is 0.478. The highest BCUT2D eigenvalue weighted by atomic mass is 16.2. The molecule has 2 aromatic heterocycles. The van der Waals surface area contributed by atoms with Crippen LogP contribution in [0.2, 0.25) is 0 Å². The Hall–Kier alpha value is -2.76.